The first-order chi connectivity index (χ1) is 12.6. The number of nitrogens with one attached hydrogen (secondary N) is 2. The smallest absolute Gasteiger partial charge is 0.338 e. The van der Waals surface area contributed by atoms with E-state index >= 15 is 0 Å². The van der Waals surface area contributed by atoms with E-state index in [4.69, 9.17) is 0 Å². The quantitative estimate of drug-likeness (QED) is 0.268. The first kappa shape index (κ1) is 19.6. The largest absolute Gasteiger partial charge is 0.465 e. The van der Waals surface area contributed by atoms with Crippen LogP contribution in [-0.2, 0) is 4.74 Å². The van der Waals surface area contributed by atoms with Gasteiger partial charge in [0.05, 0.1) is 17.6 Å². The molecule has 2 N–H and O–H groups in total. The fourth-order valence-electron chi connectivity index (χ4n) is 1.96. The van der Waals surface area contributed by atoms with Gasteiger partial charge in [-0.15, -0.1) is 0 Å². The van der Waals surface area contributed by atoms with E-state index in [1.54, 1.807) is 10.9 Å². The number of methoxy groups -OCH3 is 1. The van der Waals surface area contributed by atoms with Crippen molar-refractivity contribution in [2.45, 2.75) is 0 Å². The van der Waals surface area contributed by atoms with Crippen molar-refractivity contribution in [2.24, 2.45) is 0 Å². The van der Waals surface area contributed by atoms with E-state index in [9.17, 15) is 37.3 Å². The Kier molecular flexibility index (Phi) is 5.58. The van der Waals surface area contributed by atoms with Crippen molar-refractivity contribution in [1.82, 2.24) is 5.43 Å². The van der Waals surface area contributed by atoms with Crippen LogP contribution in [0.3, 0.4) is 0 Å². The minimum absolute atomic E-state index is 0.0269. The molecule has 2 rings (SSSR count). The highest BCUT2D eigenvalue weighted by Crippen LogP contribution is 2.24. The van der Waals surface area contributed by atoms with Gasteiger partial charge in [0.1, 0.15) is 5.69 Å². The summed E-state index contributed by atoms with van der Waals surface area (Å²) < 4.78 is 57.7. The summed E-state index contributed by atoms with van der Waals surface area (Å²) in [6, 6.07) is 2.50. The molecule has 0 aromatic heterocycles. The molecule has 0 aliphatic heterocycles. The number of nitro benzene ring substituents is 1. The number of nitro groups is 1. The predicted molar refractivity (Wildman–Crippen MR) is 81.8 cm³/mol. The van der Waals surface area contributed by atoms with E-state index in [0.29, 0.717) is 0 Å². The SMILES string of the molecule is COC(=O)c1cc(C(=O)NNc2c(F)c(F)cc(F)c2F)cc([N+](=O)[O-])c1. The highest BCUT2D eigenvalue weighted by Gasteiger charge is 2.21. The van der Waals surface area contributed by atoms with Crippen molar-refractivity contribution in [2.75, 3.05) is 12.5 Å². The highest BCUT2D eigenvalue weighted by atomic mass is 19.2. The maximum Gasteiger partial charge on any atom is 0.338 e. The Labute approximate surface area is 147 Å². The average Bonchev–Trinajstić information content (AvgIpc) is 2.65. The summed E-state index contributed by atoms with van der Waals surface area (Å²) in [5.74, 6) is -9.20. The van der Waals surface area contributed by atoms with Crippen molar-refractivity contribution >= 4 is 23.3 Å². The van der Waals surface area contributed by atoms with Crippen LogP contribution in [0.15, 0.2) is 24.3 Å². The second-order valence-electron chi connectivity index (χ2n) is 4.94. The van der Waals surface area contributed by atoms with Crippen molar-refractivity contribution in [1.29, 1.82) is 0 Å². The number of amides is 1. The van der Waals surface area contributed by atoms with Crippen LogP contribution in [-0.4, -0.2) is 23.9 Å². The lowest BCUT2D eigenvalue weighted by Gasteiger charge is -2.11. The lowest BCUT2D eigenvalue weighted by molar-refractivity contribution is -0.384. The molecule has 12 heteroatoms. The lowest BCUT2D eigenvalue weighted by atomic mass is 10.1. The van der Waals surface area contributed by atoms with Gasteiger partial charge in [0.25, 0.3) is 11.6 Å². The molecule has 2 aromatic carbocycles. The zero-order valence-electron chi connectivity index (χ0n) is 13.3. The molecule has 0 aliphatic rings. The third-order valence-electron chi connectivity index (χ3n) is 3.22. The number of benzene rings is 2. The average molecular weight is 387 g/mol. The number of anilines is 1. The molecule has 142 valence electrons. The number of hydrogen-bond donors (Lipinski definition) is 2. The van der Waals surface area contributed by atoms with E-state index in [1.165, 1.54) is 0 Å². The number of non-ortho nitro benzene ring substituents is 1. The van der Waals surface area contributed by atoms with Gasteiger partial charge in [0.2, 0.25) is 0 Å². The molecule has 0 atom stereocenters. The molecule has 0 saturated heterocycles. The minimum atomic E-state index is -1.80. The Morgan fingerprint density at radius 3 is 2.07 bits per heavy atom. The van der Waals surface area contributed by atoms with Crippen LogP contribution < -0.4 is 10.9 Å². The number of nitrogens with zero attached hydrogens (tertiary/aromatic N) is 1. The Hall–Kier alpha value is -3.70. The van der Waals surface area contributed by atoms with Crippen molar-refractivity contribution in [3.8, 4) is 0 Å². The minimum Gasteiger partial charge on any atom is -0.465 e. The fourth-order valence-corrected chi connectivity index (χ4v) is 1.96. The van der Waals surface area contributed by atoms with E-state index in [1.807, 2.05) is 0 Å². The van der Waals surface area contributed by atoms with E-state index in [0.717, 1.165) is 25.3 Å². The fraction of sp³-hybridized carbons (Fsp3) is 0.0667. The van der Waals surface area contributed by atoms with Crippen LogP contribution >= 0.6 is 0 Å². The maximum absolute atomic E-state index is 13.5. The van der Waals surface area contributed by atoms with Gasteiger partial charge in [-0.25, -0.2) is 22.4 Å². The topological polar surface area (TPSA) is 111 Å². The second-order valence-corrected chi connectivity index (χ2v) is 4.94. The molecule has 27 heavy (non-hydrogen) atoms. The number of rotatable bonds is 5. The first-order valence-electron chi connectivity index (χ1n) is 6.92. The molecule has 0 bridgehead atoms. The normalized spacial score (nSPS) is 10.3. The van der Waals surface area contributed by atoms with E-state index < -0.39 is 57.0 Å². The van der Waals surface area contributed by atoms with Crippen LogP contribution in [0, 0.1) is 33.4 Å². The molecule has 0 spiro atoms. The zero-order chi connectivity index (χ0) is 20.3. The van der Waals surface area contributed by atoms with Gasteiger partial charge in [-0.2, -0.15) is 0 Å². The molecule has 0 fully saturated rings. The molecular weight excluding hydrogens is 378 g/mol. The number of halogens is 4. The molecule has 0 saturated carbocycles. The maximum atomic E-state index is 13.5. The molecule has 1 amide bonds. The van der Waals surface area contributed by atoms with Gasteiger partial charge >= 0.3 is 5.97 Å². The van der Waals surface area contributed by atoms with E-state index in [2.05, 4.69) is 4.74 Å². The third-order valence-corrected chi connectivity index (χ3v) is 3.22. The summed E-state index contributed by atoms with van der Waals surface area (Å²) >= 11 is 0. The Balaban J connectivity index is 2.33. The van der Waals surface area contributed by atoms with Crippen LogP contribution in [0.25, 0.3) is 0 Å². The number of esters is 1. The molecular formula is C15H9F4N3O5. The number of ether oxygens (including phenoxy) is 1. The summed E-state index contributed by atoms with van der Waals surface area (Å²) in [6.45, 7) is 0. The Bertz CT molecular complexity index is 925. The van der Waals surface area contributed by atoms with Gasteiger partial charge in [-0.3, -0.25) is 25.8 Å². The predicted octanol–water partition coefficient (Wildman–Crippen LogP) is 2.69. The molecule has 8 nitrogen and oxygen atoms in total. The standard InChI is InChI=1S/C15H9F4N3O5/c1-27-15(24)7-2-6(3-8(4-7)22(25)26)14(23)21-20-13-11(18)9(16)5-10(17)12(13)19/h2-5,20H,1H3,(H,21,23). The summed E-state index contributed by atoms with van der Waals surface area (Å²) in [7, 11) is 1.01. The summed E-state index contributed by atoms with van der Waals surface area (Å²) in [5, 5.41) is 10.9. The molecule has 0 radical (unpaired) electrons. The van der Waals surface area contributed by atoms with Crippen molar-refractivity contribution < 1.29 is 36.8 Å². The molecule has 0 unspecified atom stereocenters. The third kappa shape index (κ3) is 4.11. The van der Waals surface area contributed by atoms with Gasteiger partial charge in [0.15, 0.2) is 23.3 Å². The van der Waals surface area contributed by atoms with E-state index in [-0.39, 0.29) is 11.6 Å². The highest BCUT2D eigenvalue weighted by molar-refractivity contribution is 5.99. The summed E-state index contributed by atoms with van der Waals surface area (Å²) in [6.07, 6.45) is 0. The van der Waals surface area contributed by atoms with Crippen LogP contribution in [0.4, 0.5) is 28.9 Å². The van der Waals surface area contributed by atoms with Gasteiger partial charge in [-0.05, 0) is 6.07 Å². The van der Waals surface area contributed by atoms with Crippen LogP contribution in [0.1, 0.15) is 20.7 Å². The van der Waals surface area contributed by atoms with Gasteiger partial charge in [0, 0.05) is 23.8 Å². The summed E-state index contributed by atoms with van der Waals surface area (Å²) in [4.78, 5) is 33.6. The number of hydrogen-bond acceptors (Lipinski definition) is 6. The first-order valence-corrected chi connectivity index (χ1v) is 6.92. The van der Waals surface area contributed by atoms with Gasteiger partial charge < -0.3 is 4.74 Å². The van der Waals surface area contributed by atoms with Crippen LogP contribution in [0.5, 0.6) is 0 Å². The monoisotopic (exact) mass is 387 g/mol. The second kappa shape index (κ2) is 7.68. The molecule has 0 aliphatic carbocycles. The van der Waals surface area contributed by atoms with Crippen molar-refractivity contribution in [3.63, 3.8) is 0 Å². The molecule has 2 aromatic rings. The molecule has 0 heterocycles. The zero-order valence-corrected chi connectivity index (χ0v) is 13.3. The number of carbonyl (C=O) groups is 2. The Morgan fingerprint density at radius 1 is 1.00 bits per heavy atom. The number of hydrazine groups is 1. The Morgan fingerprint density at radius 2 is 1.56 bits per heavy atom. The van der Waals surface area contributed by atoms with Crippen molar-refractivity contribution in [3.05, 3.63) is 68.8 Å². The van der Waals surface area contributed by atoms with Crippen LogP contribution in [0.2, 0.25) is 0 Å². The summed E-state index contributed by atoms with van der Waals surface area (Å²) in [5.41, 5.74) is 0.615. The number of carbonyl (C=O) groups excluding carboxylic acids is 2. The van der Waals surface area contributed by atoms with Gasteiger partial charge in [-0.1, -0.05) is 0 Å². The lowest BCUT2D eigenvalue weighted by Crippen LogP contribution is -2.31.